The van der Waals surface area contributed by atoms with Crippen molar-refractivity contribution in [2.24, 2.45) is 12.8 Å². The van der Waals surface area contributed by atoms with Crippen LogP contribution in [-0.2, 0) is 34.3 Å². The van der Waals surface area contributed by atoms with Gasteiger partial charge in [0, 0.05) is 50.6 Å². The van der Waals surface area contributed by atoms with Crippen LogP contribution in [0.15, 0.2) is 60.7 Å². The number of allylic oxidation sites excluding steroid dienone is 4. The van der Waals surface area contributed by atoms with Gasteiger partial charge in [0.05, 0.1) is 26.1 Å². The first-order valence-corrected chi connectivity index (χ1v) is 14.2. The van der Waals surface area contributed by atoms with Crippen LogP contribution in [-0.4, -0.2) is 81.6 Å². The summed E-state index contributed by atoms with van der Waals surface area (Å²) < 4.78 is 7.08. The number of carbonyl (C=O) groups is 3. The number of amides is 3. The third-order valence-electron chi connectivity index (χ3n) is 8.47. The van der Waals surface area contributed by atoms with Crippen LogP contribution in [0.4, 0.5) is 0 Å². The summed E-state index contributed by atoms with van der Waals surface area (Å²) in [6.45, 7) is 1.32. The van der Waals surface area contributed by atoms with Crippen molar-refractivity contribution in [1.29, 1.82) is 0 Å². The first-order valence-electron chi connectivity index (χ1n) is 14.2. The molecule has 1 spiro atoms. The Hall–Kier alpha value is -4.12. The highest BCUT2D eigenvalue weighted by Gasteiger charge is 2.51. The average molecular weight is 562 g/mol. The van der Waals surface area contributed by atoms with E-state index in [1.807, 2.05) is 42.0 Å². The largest absolute Gasteiger partial charge is 0.497 e. The second-order valence-corrected chi connectivity index (χ2v) is 11.0. The monoisotopic (exact) mass is 561 g/mol. The molecule has 11 nitrogen and oxygen atoms in total. The number of hydrogen-bond acceptors (Lipinski definition) is 7. The Morgan fingerprint density at radius 3 is 2.59 bits per heavy atom. The van der Waals surface area contributed by atoms with Gasteiger partial charge in [0.15, 0.2) is 0 Å². The third-order valence-corrected chi connectivity index (χ3v) is 8.47. The molecule has 218 valence electrons. The lowest BCUT2D eigenvalue weighted by Gasteiger charge is -2.45. The minimum Gasteiger partial charge on any atom is -0.497 e. The molecule has 2 aliphatic heterocycles. The number of aromatic nitrogens is 2. The molecular formula is C30H39N7O4. The molecule has 4 N–H and O–H groups in total. The highest BCUT2D eigenvalue weighted by molar-refractivity contribution is 5.91. The Kier molecular flexibility index (Phi) is 8.44. The lowest BCUT2D eigenvalue weighted by Crippen LogP contribution is -2.60. The van der Waals surface area contributed by atoms with Crippen LogP contribution in [0.3, 0.4) is 0 Å². The van der Waals surface area contributed by atoms with E-state index in [-0.39, 0.29) is 11.8 Å². The first kappa shape index (κ1) is 28.4. The fourth-order valence-electron chi connectivity index (χ4n) is 5.97. The summed E-state index contributed by atoms with van der Waals surface area (Å²) in [5, 5.41) is 5.96. The lowest BCUT2D eigenvalue weighted by atomic mass is 9.84. The molecule has 2 fully saturated rings. The Bertz CT molecular complexity index is 1320. The van der Waals surface area contributed by atoms with Gasteiger partial charge < -0.3 is 35.5 Å². The Balaban J connectivity index is 1.30. The summed E-state index contributed by atoms with van der Waals surface area (Å²) in [6.07, 6.45) is 13.1. The van der Waals surface area contributed by atoms with Gasteiger partial charge in [-0.05, 0) is 49.5 Å². The maximum absolute atomic E-state index is 13.9. The summed E-state index contributed by atoms with van der Waals surface area (Å²) in [4.78, 5) is 48.3. The van der Waals surface area contributed by atoms with Gasteiger partial charge in [0.1, 0.15) is 17.3 Å². The molecule has 1 aliphatic carbocycles. The predicted molar refractivity (Wildman–Crippen MR) is 153 cm³/mol. The number of nitrogens with one attached hydrogen (secondary N) is 2. The van der Waals surface area contributed by atoms with Gasteiger partial charge in [-0.1, -0.05) is 24.3 Å². The highest BCUT2D eigenvalue weighted by Crippen LogP contribution is 2.37. The Morgan fingerprint density at radius 2 is 1.95 bits per heavy atom. The number of methoxy groups -OCH3 is 1. The highest BCUT2D eigenvalue weighted by atomic mass is 16.5. The zero-order chi connectivity index (χ0) is 29.0. The number of nitrogens with two attached hydrogens (primary N) is 1. The molecule has 2 saturated heterocycles. The van der Waals surface area contributed by atoms with Crippen molar-refractivity contribution in [3.63, 3.8) is 0 Å². The van der Waals surface area contributed by atoms with Crippen LogP contribution >= 0.6 is 0 Å². The van der Waals surface area contributed by atoms with Gasteiger partial charge in [-0.15, -0.1) is 0 Å². The molecule has 41 heavy (non-hydrogen) atoms. The second kappa shape index (κ2) is 12.2. The van der Waals surface area contributed by atoms with Crippen molar-refractivity contribution >= 4 is 17.7 Å². The van der Waals surface area contributed by atoms with E-state index in [4.69, 9.17) is 10.5 Å². The van der Waals surface area contributed by atoms with Crippen LogP contribution in [0, 0.1) is 0 Å². The molecular weight excluding hydrogens is 522 g/mol. The lowest BCUT2D eigenvalue weighted by molar-refractivity contribution is -0.141. The van der Waals surface area contributed by atoms with Crippen LogP contribution in [0.1, 0.15) is 36.9 Å². The normalized spacial score (nSPS) is 19.5. The summed E-state index contributed by atoms with van der Waals surface area (Å²) in [5.74, 6) is 0.152. The number of hydrogen-bond donors (Lipinski definition) is 3. The predicted octanol–water partition coefficient (Wildman–Crippen LogP) is 1.01. The standard InChI is InChI=1S/C30H39N7O4/c1-35-19-32-18-23(35)17-25(31)27(38)34-26(16-21-8-10-24(41-2)11-9-21)28(39)36-14-12-30(13-15-36)29(40)33-20-37(30)22-6-4-3-5-7-22/h3-4,6,8-11,18-19,25-26H,5,7,12-17,20,31H2,1-2H3,(H,33,40)(H,34,38)/t25-,26+/m0/s1. The van der Waals surface area contributed by atoms with Crippen LogP contribution in [0.5, 0.6) is 5.75 Å². The van der Waals surface area contributed by atoms with E-state index in [0.717, 1.165) is 29.8 Å². The minimum atomic E-state index is -0.838. The number of rotatable bonds is 9. The number of piperidine rings is 1. The molecule has 5 rings (SSSR count). The third kappa shape index (κ3) is 6.00. The SMILES string of the molecule is COc1ccc(C[C@@H](NC(=O)[C@@H](N)Cc2cncn2C)C(=O)N2CCC3(CC2)C(=O)NCN3C2=CC=CCC2)cc1. The maximum atomic E-state index is 13.9. The molecule has 3 amide bonds. The Labute approximate surface area is 240 Å². The molecule has 1 aromatic heterocycles. The first-order chi connectivity index (χ1) is 19.8. The fraction of sp³-hybridized carbons (Fsp3) is 0.467. The molecule has 0 bridgehead atoms. The molecule has 1 aromatic carbocycles. The number of ether oxygens (including phenoxy) is 1. The second-order valence-electron chi connectivity index (χ2n) is 11.0. The van der Waals surface area contributed by atoms with Gasteiger partial charge >= 0.3 is 0 Å². The van der Waals surface area contributed by atoms with E-state index in [0.29, 0.717) is 51.2 Å². The Morgan fingerprint density at radius 1 is 1.20 bits per heavy atom. The summed E-state index contributed by atoms with van der Waals surface area (Å²) in [6, 6.07) is 5.80. The minimum absolute atomic E-state index is 0.0178. The van der Waals surface area contributed by atoms with Crippen molar-refractivity contribution in [3.05, 3.63) is 72.0 Å². The van der Waals surface area contributed by atoms with Crippen LogP contribution in [0.2, 0.25) is 0 Å². The van der Waals surface area contributed by atoms with E-state index < -0.39 is 23.5 Å². The molecule has 11 heteroatoms. The zero-order valence-corrected chi connectivity index (χ0v) is 23.7. The number of nitrogens with zero attached hydrogens (tertiary/aromatic N) is 4. The summed E-state index contributed by atoms with van der Waals surface area (Å²) >= 11 is 0. The smallest absolute Gasteiger partial charge is 0.247 e. The van der Waals surface area contributed by atoms with Crippen molar-refractivity contribution < 1.29 is 19.1 Å². The number of carbonyl (C=O) groups excluding carboxylic acids is 3. The van der Waals surface area contributed by atoms with Crippen molar-refractivity contribution in [1.82, 2.24) is 30.0 Å². The molecule has 2 atom stereocenters. The summed E-state index contributed by atoms with van der Waals surface area (Å²) in [5.41, 5.74) is 8.47. The van der Waals surface area contributed by atoms with E-state index >= 15 is 0 Å². The zero-order valence-electron chi connectivity index (χ0n) is 23.7. The van der Waals surface area contributed by atoms with Gasteiger partial charge in [-0.25, -0.2) is 4.98 Å². The van der Waals surface area contributed by atoms with Gasteiger partial charge in [-0.2, -0.15) is 0 Å². The molecule has 3 aliphatic rings. The molecule has 0 radical (unpaired) electrons. The molecule has 2 aromatic rings. The van der Waals surface area contributed by atoms with Gasteiger partial charge in [0.25, 0.3) is 0 Å². The van der Waals surface area contributed by atoms with E-state index in [1.54, 1.807) is 24.5 Å². The number of imidazole rings is 1. The molecule has 0 saturated carbocycles. The quantitative estimate of drug-likeness (QED) is 0.416. The van der Waals surface area contributed by atoms with Crippen molar-refractivity contribution in [2.75, 3.05) is 26.9 Å². The van der Waals surface area contributed by atoms with E-state index in [2.05, 4.69) is 32.7 Å². The van der Waals surface area contributed by atoms with Gasteiger partial charge in [0.2, 0.25) is 17.7 Å². The molecule has 3 heterocycles. The van der Waals surface area contributed by atoms with Gasteiger partial charge in [-0.3, -0.25) is 14.4 Å². The van der Waals surface area contributed by atoms with Crippen LogP contribution in [0.25, 0.3) is 0 Å². The number of likely N-dealkylation sites (tertiary alicyclic amines) is 1. The van der Waals surface area contributed by atoms with Crippen LogP contribution < -0.4 is 21.1 Å². The summed E-state index contributed by atoms with van der Waals surface area (Å²) in [7, 11) is 3.45. The average Bonchev–Trinajstić information content (AvgIpc) is 3.55. The van der Waals surface area contributed by atoms with E-state index in [1.165, 1.54) is 0 Å². The van der Waals surface area contributed by atoms with Crippen molar-refractivity contribution in [3.8, 4) is 5.75 Å². The number of benzene rings is 1. The molecule has 0 unspecified atom stereocenters. The van der Waals surface area contributed by atoms with E-state index in [9.17, 15) is 14.4 Å². The number of aryl methyl sites for hydroxylation is 1. The topological polar surface area (TPSA) is 135 Å². The van der Waals surface area contributed by atoms with Crippen molar-refractivity contribution in [2.45, 2.75) is 56.1 Å². The maximum Gasteiger partial charge on any atom is 0.247 e. The fourth-order valence-corrected chi connectivity index (χ4v) is 5.97.